The van der Waals surface area contributed by atoms with E-state index in [-0.39, 0.29) is 19.8 Å². The lowest BCUT2D eigenvalue weighted by atomic mass is 9.84. The average Bonchev–Trinajstić information content (AvgIpc) is 2.68. The quantitative estimate of drug-likeness (QED) is 0.805. The summed E-state index contributed by atoms with van der Waals surface area (Å²) in [7, 11) is 0. The topological polar surface area (TPSA) is 47.9 Å². The number of ether oxygens (including phenoxy) is 3. The van der Waals surface area contributed by atoms with Crippen molar-refractivity contribution in [1.29, 1.82) is 0 Å². The second-order valence-corrected chi connectivity index (χ2v) is 6.86. The lowest BCUT2D eigenvalue weighted by Crippen LogP contribution is -2.70. The van der Waals surface area contributed by atoms with Crippen LogP contribution in [0.3, 0.4) is 0 Å². The maximum Gasteiger partial charge on any atom is 0.422 e. The van der Waals surface area contributed by atoms with Crippen LogP contribution in [0.15, 0.2) is 60.7 Å². The molecule has 7 heteroatoms. The number of halogens is 3. The van der Waals surface area contributed by atoms with Gasteiger partial charge in [0.1, 0.15) is 12.2 Å². The smallest absolute Gasteiger partial charge is 0.376 e. The Morgan fingerprint density at radius 3 is 1.96 bits per heavy atom. The molecule has 28 heavy (non-hydrogen) atoms. The minimum atomic E-state index is -4.95. The number of hydrogen-bond donors (Lipinski definition) is 1. The summed E-state index contributed by atoms with van der Waals surface area (Å²) < 4.78 is 58.4. The molecule has 1 saturated heterocycles. The van der Waals surface area contributed by atoms with Gasteiger partial charge < -0.3 is 19.3 Å². The van der Waals surface area contributed by atoms with Crippen LogP contribution < -0.4 is 0 Å². The van der Waals surface area contributed by atoms with Gasteiger partial charge in [-0.3, -0.25) is 0 Å². The van der Waals surface area contributed by atoms with E-state index in [4.69, 9.17) is 14.2 Å². The Labute approximate surface area is 161 Å². The highest BCUT2D eigenvalue weighted by molar-refractivity contribution is 5.15. The van der Waals surface area contributed by atoms with Crippen LogP contribution in [0.2, 0.25) is 0 Å². The van der Waals surface area contributed by atoms with Crippen LogP contribution in [0.4, 0.5) is 13.2 Å². The monoisotopic (exact) mass is 396 g/mol. The second-order valence-electron chi connectivity index (χ2n) is 6.86. The summed E-state index contributed by atoms with van der Waals surface area (Å²) in [5.74, 6) is 0. The van der Waals surface area contributed by atoms with Crippen molar-refractivity contribution in [1.82, 2.24) is 0 Å². The number of rotatable bonds is 6. The van der Waals surface area contributed by atoms with Gasteiger partial charge in [0.05, 0.1) is 25.9 Å². The largest absolute Gasteiger partial charge is 0.422 e. The number of benzene rings is 2. The fraction of sp³-hybridized carbons (Fsp3) is 0.429. The highest BCUT2D eigenvalue weighted by Crippen LogP contribution is 2.43. The van der Waals surface area contributed by atoms with Crippen LogP contribution in [0.1, 0.15) is 18.1 Å². The van der Waals surface area contributed by atoms with Crippen LogP contribution in [0.5, 0.6) is 0 Å². The molecule has 0 saturated carbocycles. The van der Waals surface area contributed by atoms with Crippen molar-refractivity contribution in [2.24, 2.45) is 0 Å². The van der Waals surface area contributed by atoms with E-state index in [0.717, 1.165) is 0 Å². The summed E-state index contributed by atoms with van der Waals surface area (Å²) in [4.78, 5) is 0. The molecule has 3 rings (SSSR count). The third kappa shape index (κ3) is 4.38. The third-order valence-corrected chi connectivity index (χ3v) is 4.88. The summed E-state index contributed by atoms with van der Waals surface area (Å²) in [6.45, 7) is 0.922. The molecule has 1 fully saturated rings. The minimum absolute atomic E-state index is 0.0763. The molecule has 4 nitrogen and oxygen atoms in total. The zero-order valence-corrected chi connectivity index (χ0v) is 15.4. The minimum Gasteiger partial charge on any atom is -0.376 e. The molecule has 1 aliphatic rings. The second kappa shape index (κ2) is 8.61. The van der Waals surface area contributed by atoms with Gasteiger partial charge in [0.15, 0.2) is 0 Å². The maximum absolute atomic E-state index is 14.0. The van der Waals surface area contributed by atoms with Crippen LogP contribution in [-0.4, -0.2) is 41.8 Å². The first-order chi connectivity index (χ1) is 13.3. The van der Waals surface area contributed by atoms with Gasteiger partial charge in [0.2, 0.25) is 5.60 Å². The molecule has 0 aromatic heterocycles. The van der Waals surface area contributed by atoms with Crippen molar-refractivity contribution in [3.8, 4) is 0 Å². The molecule has 2 aromatic rings. The van der Waals surface area contributed by atoms with E-state index in [0.29, 0.717) is 11.1 Å². The van der Waals surface area contributed by atoms with Gasteiger partial charge in [-0.25, -0.2) is 0 Å². The van der Waals surface area contributed by atoms with Gasteiger partial charge in [0, 0.05) is 0 Å². The van der Waals surface area contributed by atoms with Gasteiger partial charge in [-0.15, -0.1) is 0 Å². The van der Waals surface area contributed by atoms with Crippen molar-refractivity contribution in [3.05, 3.63) is 71.8 Å². The standard InChI is InChI=1S/C21H23F3O4/c1-15-19(28-13-17-10-6-3-7-11-17)20(25,21(22,23)24)18(14-26-15)27-12-16-8-4-2-5-9-16/h2-11,15,18-19,25H,12-14H2,1H3. The Hall–Kier alpha value is -1.93. The molecule has 0 amide bonds. The van der Waals surface area contributed by atoms with E-state index in [1.54, 1.807) is 60.7 Å². The molecule has 0 bridgehead atoms. The van der Waals surface area contributed by atoms with Crippen LogP contribution in [0, 0.1) is 0 Å². The molecule has 1 N–H and O–H groups in total. The Morgan fingerprint density at radius 1 is 0.964 bits per heavy atom. The normalized spacial score (nSPS) is 28.2. The highest BCUT2D eigenvalue weighted by atomic mass is 19.4. The molecule has 1 aliphatic heterocycles. The van der Waals surface area contributed by atoms with Crippen molar-refractivity contribution in [2.45, 2.75) is 50.2 Å². The summed E-state index contributed by atoms with van der Waals surface area (Å²) in [5.41, 5.74) is -1.78. The van der Waals surface area contributed by atoms with Crippen molar-refractivity contribution in [3.63, 3.8) is 0 Å². The molecule has 4 atom stereocenters. The predicted octanol–water partition coefficient (Wildman–Crippen LogP) is 3.87. The SMILES string of the molecule is CC1OCC(OCc2ccccc2)C(O)(C(F)(F)F)C1OCc1ccccc1. The van der Waals surface area contributed by atoms with E-state index in [2.05, 4.69) is 0 Å². The van der Waals surface area contributed by atoms with Crippen LogP contribution in [-0.2, 0) is 27.4 Å². The Bertz CT molecular complexity index is 738. The lowest BCUT2D eigenvalue weighted by molar-refractivity contribution is -0.367. The first-order valence-electron chi connectivity index (χ1n) is 9.04. The molecule has 2 aromatic carbocycles. The number of hydrogen-bond acceptors (Lipinski definition) is 4. The molecular formula is C21H23F3O4. The molecular weight excluding hydrogens is 373 g/mol. The Balaban J connectivity index is 1.79. The Kier molecular flexibility index (Phi) is 6.40. The summed E-state index contributed by atoms with van der Waals surface area (Å²) in [5, 5.41) is 10.8. The zero-order valence-electron chi connectivity index (χ0n) is 15.4. The van der Waals surface area contributed by atoms with Gasteiger partial charge in [-0.1, -0.05) is 60.7 Å². The fourth-order valence-electron chi connectivity index (χ4n) is 3.31. The number of aliphatic hydroxyl groups is 1. The highest BCUT2D eigenvalue weighted by Gasteiger charge is 2.67. The van der Waals surface area contributed by atoms with Crippen molar-refractivity contribution >= 4 is 0 Å². The maximum atomic E-state index is 14.0. The average molecular weight is 396 g/mol. The van der Waals surface area contributed by atoms with E-state index < -0.39 is 30.1 Å². The predicted molar refractivity (Wildman–Crippen MR) is 96.5 cm³/mol. The zero-order chi connectivity index (χ0) is 20.2. The van der Waals surface area contributed by atoms with Gasteiger partial charge in [-0.05, 0) is 18.1 Å². The van der Waals surface area contributed by atoms with E-state index in [1.807, 2.05) is 0 Å². The van der Waals surface area contributed by atoms with E-state index in [1.165, 1.54) is 6.92 Å². The van der Waals surface area contributed by atoms with E-state index >= 15 is 0 Å². The third-order valence-electron chi connectivity index (χ3n) is 4.88. The fourth-order valence-corrected chi connectivity index (χ4v) is 3.31. The molecule has 4 unspecified atom stereocenters. The Morgan fingerprint density at radius 2 is 1.46 bits per heavy atom. The van der Waals surface area contributed by atoms with Gasteiger partial charge in [-0.2, -0.15) is 13.2 Å². The van der Waals surface area contributed by atoms with Crippen LogP contribution in [0.25, 0.3) is 0 Å². The molecule has 0 radical (unpaired) electrons. The lowest BCUT2D eigenvalue weighted by Gasteiger charge is -2.48. The van der Waals surface area contributed by atoms with Crippen LogP contribution >= 0.6 is 0 Å². The summed E-state index contributed by atoms with van der Waals surface area (Å²) in [6, 6.07) is 17.6. The summed E-state index contributed by atoms with van der Waals surface area (Å²) in [6.07, 6.45) is -9.13. The van der Waals surface area contributed by atoms with Gasteiger partial charge in [0.25, 0.3) is 0 Å². The molecule has 152 valence electrons. The molecule has 0 aliphatic carbocycles. The first kappa shape index (κ1) is 20.8. The van der Waals surface area contributed by atoms with Gasteiger partial charge >= 0.3 is 6.18 Å². The van der Waals surface area contributed by atoms with Crippen molar-refractivity contribution in [2.75, 3.05) is 6.61 Å². The van der Waals surface area contributed by atoms with E-state index in [9.17, 15) is 18.3 Å². The molecule has 0 spiro atoms. The van der Waals surface area contributed by atoms with Crippen molar-refractivity contribution < 1.29 is 32.5 Å². The number of alkyl halides is 3. The summed E-state index contributed by atoms with van der Waals surface area (Å²) >= 11 is 0. The first-order valence-corrected chi connectivity index (χ1v) is 9.04. The molecule has 1 heterocycles.